The second kappa shape index (κ2) is 7.11. The van der Waals surface area contributed by atoms with Gasteiger partial charge in [-0.2, -0.15) is 5.26 Å². The van der Waals surface area contributed by atoms with E-state index >= 15 is 0 Å². The minimum absolute atomic E-state index is 0.0263. The van der Waals surface area contributed by atoms with Gasteiger partial charge in [0.2, 0.25) is 0 Å². The summed E-state index contributed by atoms with van der Waals surface area (Å²) in [4.78, 5) is 26.1. The number of rotatable bonds is 4. The van der Waals surface area contributed by atoms with E-state index in [-0.39, 0.29) is 17.9 Å². The minimum atomic E-state index is -0.833. The fourth-order valence-corrected chi connectivity index (χ4v) is 3.00. The zero-order valence-electron chi connectivity index (χ0n) is 14.0. The summed E-state index contributed by atoms with van der Waals surface area (Å²) in [5, 5.41) is 19.8. The van der Waals surface area contributed by atoms with Crippen LogP contribution in [0.5, 0.6) is 5.75 Å². The molecule has 0 radical (unpaired) electrons. The first-order valence-corrected chi connectivity index (χ1v) is 7.93. The Labute approximate surface area is 150 Å². The van der Waals surface area contributed by atoms with Crippen LogP contribution in [-0.2, 0) is 9.59 Å². The van der Waals surface area contributed by atoms with Crippen LogP contribution in [-0.4, -0.2) is 35.4 Å². The van der Waals surface area contributed by atoms with Gasteiger partial charge in [0.25, 0.3) is 11.7 Å². The number of amides is 1. The lowest BCUT2D eigenvalue weighted by molar-refractivity contribution is -0.139. The molecule has 0 spiro atoms. The highest BCUT2D eigenvalue weighted by Gasteiger charge is 2.45. The van der Waals surface area contributed by atoms with Crippen molar-refractivity contribution in [2.45, 2.75) is 6.04 Å². The van der Waals surface area contributed by atoms with Crippen LogP contribution in [0.25, 0.3) is 5.76 Å². The van der Waals surface area contributed by atoms with Crippen molar-refractivity contribution in [2.24, 2.45) is 0 Å². The summed E-state index contributed by atoms with van der Waals surface area (Å²) in [7, 11) is 1.53. The molecule has 1 amide bonds. The van der Waals surface area contributed by atoms with Gasteiger partial charge in [0.1, 0.15) is 18.1 Å². The Hall–Kier alpha value is -3.59. The maximum atomic E-state index is 12.6. The molecule has 0 bridgehead atoms. The summed E-state index contributed by atoms with van der Waals surface area (Å²) in [5.74, 6) is -1.24. The predicted molar refractivity (Wildman–Crippen MR) is 94.1 cm³/mol. The van der Waals surface area contributed by atoms with Crippen molar-refractivity contribution in [1.82, 2.24) is 4.90 Å². The average Bonchev–Trinajstić information content (AvgIpc) is 2.93. The molecule has 130 valence electrons. The van der Waals surface area contributed by atoms with Gasteiger partial charge in [-0.25, -0.2) is 0 Å². The van der Waals surface area contributed by atoms with E-state index in [0.717, 1.165) is 0 Å². The smallest absolute Gasteiger partial charge is 0.296 e. The average molecular weight is 348 g/mol. The lowest BCUT2D eigenvalue weighted by Crippen LogP contribution is -2.30. The third kappa shape index (κ3) is 2.91. The zero-order valence-corrected chi connectivity index (χ0v) is 14.0. The summed E-state index contributed by atoms with van der Waals surface area (Å²) in [5.41, 5.74) is 1.01. The molecule has 0 saturated carbocycles. The monoisotopic (exact) mass is 348 g/mol. The molecule has 26 heavy (non-hydrogen) atoms. The first-order chi connectivity index (χ1) is 12.6. The standard InChI is InChI=1S/C20H16N2O4/c1-26-15-9-7-13(8-10-15)17-16(18(23)14-5-3-2-4-6-14)19(24)20(25)22(17)12-11-21/h2-10,17,23H,12H2,1H3/b18-16+. The van der Waals surface area contributed by atoms with E-state index in [9.17, 15) is 14.7 Å². The maximum absolute atomic E-state index is 12.6. The van der Waals surface area contributed by atoms with Gasteiger partial charge < -0.3 is 14.7 Å². The number of benzene rings is 2. The molecule has 1 aliphatic rings. The van der Waals surface area contributed by atoms with Crippen LogP contribution in [0.2, 0.25) is 0 Å². The van der Waals surface area contributed by atoms with Crippen molar-refractivity contribution in [3.05, 3.63) is 71.3 Å². The van der Waals surface area contributed by atoms with Crippen molar-refractivity contribution in [2.75, 3.05) is 13.7 Å². The van der Waals surface area contributed by atoms with Crippen molar-refractivity contribution < 1.29 is 19.4 Å². The molecule has 1 N–H and O–H groups in total. The summed E-state index contributed by atoms with van der Waals surface area (Å²) < 4.78 is 5.13. The van der Waals surface area contributed by atoms with E-state index in [2.05, 4.69) is 0 Å². The van der Waals surface area contributed by atoms with Crippen molar-refractivity contribution >= 4 is 17.4 Å². The number of aliphatic hydroxyl groups excluding tert-OH is 1. The summed E-state index contributed by atoms with van der Waals surface area (Å²) in [6.45, 7) is -0.257. The molecule has 1 atom stereocenters. The summed E-state index contributed by atoms with van der Waals surface area (Å²) in [6, 6.07) is 16.4. The lowest BCUT2D eigenvalue weighted by Gasteiger charge is -2.23. The highest BCUT2D eigenvalue weighted by molar-refractivity contribution is 6.46. The molecule has 1 unspecified atom stereocenters. The van der Waals surface area contributed by atoms with E-state index in [1.807, 2.05) is 6.07 Å². The highest BCUT2D eigenvalue weighted by atomic mass is 16.5. The molecule has 1 heterocycles. The Bertz CT molecular complexity index is 911. The zero-order chi connectivity index (χ0) is 18.7. The number of methoxy groups -OCH3 is 1. The Morgan fingerprint density at radius 2 is 1.81 bits per heavy atom. The maximum Gasteiger partial charge on any atom is 0.296 e. The van der Waals surface area contributed by atoms with Crippen molar-refractivity contribution in [1.29, 1.82) is 5.26 Å². The number of ether oxygens (including phenoxy) is 1. The van der Waals surface area contributed by atoms with Gasteiger partial charge in [-0.15, -0.1) is 0 Å². The number of likely N-dealkylation sites (tertiary alicyclic amines) is 1. The molecule has 0 aliphatic carbocycles. The molecule has 2 aromatic carbocycles. The van der Waals surface area contributed by atoms with Crippen LogP contribution >= 0.6 is 0 Å². The first-order valence-electron chi connectivity index (χ1n) is 7.93. The second-order valence-electron chi connectivity index (χ2n) is 5.72. The van der Waals surface area contributed by atoms with Crippen LogP contribution in [0, 0.1) is 11.3 Å². The van der Waals surface area contributed by atoms with Crippen molar-refractivity contribution in [3.8, 4) is 11.8 Å². The predicted octanol–water partition coefficient (Wildman–Crippen LogP) is 2.64. The number of nitrogens with zero attached hydrogens (tertiary/aromatic N) is 2. The van der Waals surface area contributed by atoms with E-state index in [4.69, 9.17) is 10.00 Å². The largest absolute Gasteiger partial charge is 0.507 e. The highest BCUT2D eigenvalue weighted by Crippen LogP contribution is 2.39. The Morgan fingerprint density at radius 1 is 1.15 bits per heavy atom. The van der Waals surface area contributed by atoms with E-state index in [1.54, 1.807) is 54.6 Å². The Morgan fingerprint density at radius 3 is 2.38 bits per heavy atom. The van der Waals surface area contributed by atoms with Gasteiger partial charge in [-0.3, -0.25) is 9.59 Å². The van der Waals surface area contributed by atoms with Gasteiger partial charge in [0.15, 0.2) is 0 Å². The SMILES string of the molecule is COc1ccc(C2/C(=C(\O)c3ccccc3)C(=O)C(=O)N2CC#N)cc1. The third-order valence-electron chi connectivity index (χ3n) is 4.26. The first kappa shape index (κ1) is 17.2. The molecular formula is C20H16N2O4. The molecule has 0 aromatic heterocycles. The van der Waals surface area contributed by atoms with Gasteiger partial charge in [0.05, 0.1) is 24.8 Å². The minimum Gasteiger partial charge on any atom is -0.507 e. The second-order valence-corrected chi connectivity index (χ2v) is 5.72. The number of hydrogen-bond donors (Lipinski definition) is 1. The number of ketones is 1. The topological polar surface area (TPSA) is 90.6 Å². The molecule has 3 rings (SSSR count). The van der Waals surface area contributed by atoms with Crippen LogP contribution in [0.1, 0.15) is 17.2 Å². The normalized spacial score (nSPS) is 18.6. The van der Waals surface area contributed by atoms with E-state index in [0.29, 0.717) is 16.9 Å². The number of carbonyl (C=O) groups is 2. The Balaban J connectivity index is 2.17. The number of carbonyl (C=O) groups excluding carboxylic acids is 2. The van der Waals surface area contributed by atoms with Crippen LogP contribution in [0.3, 0.4) is 0 Å². The molecule has 6 nitrogen and oxygen atoms in total. The number of Topliss-reactive ketones (excluding diaryl/α,β-unsaturated/α-hetero) is 1. The van der Waals surface area contributed by atoms with Crippen LogP contribution < -0.4 is 4.74 Å². The number of aliphatic hydroxyl groups is 1. The molecule has 2 aromatic rings. The fraction of sp³-hybridized carbons (Fsp3) is 0.150. The number of hydrogen-bond acceptors (Lipinski definition) is 5. The molecule has 1 fully saturated rings. The van der Waals surface area contributed by atoms with E-state index < -0.39 is 17.7 Å². The third-order valence-corrected chi connectivity index (χ3v) is 4.26. The summed E-state index contributed by atoms with van der Waals surface area (Å²) in [6.07, 6.45) is 0. The van der Waals surface area contributed by atoms with Gasteiger partial charge in [0, 0.05) is 5.56 Å². The lowest BCUT2D eigenvalue weighted by atomic mass is 9.95. The quantitative estimate of drug-likeness (QED) is 0.397. The summed E-state index contributed by atoms with van der Waals surface area (Å²) >= 11 is 0. The molecule has 6 heteroatoms. The van der Waals surface area contributed by atoms with Crippen molar-refractivity contribution in [3.63, 3.8) is 0 Å². The van der Waals surface area contributed by atoms with Gasteiger partial charge in [-0.05, 0) is 17.7 Å². The Kier molecular flexibility index (Phi) is 4.72. The fourth-order valence-electron chi connectivity index (χ4n) is 3.00. The van der Waals surface area contributed by atoms with Crippen LogP contribution in [0.15, 0.2) is 60.2 Å². The number of nitriles is 1. The molecule has 1 aliphatic heterocycles. The molecular weight excluding hydrogens is 332 g/mol. The van der Waals surface area contributed by atoms with Gasteiger partial charge >= 0.3 is 0 Å². The van der Waals surface area contributed by atoms with E-state index in [1.165, 1.54) is 12.0 Å². The van der Waals surface area contributed by atoms with Crippen LogP contribution in [0.4, 0.5) is 0 Å². The molecule has 1 saturated heterocycles. The van der Waals surface area contributed by atoms with Gasteiger partial charge in [-0.1, -0.05) is 42.5 Å².